The van der Waals surface area contributed by atoms with Crippen molar-refractivity contribution >= 4 is 39.4 Å². The second-order valence-corrected chi connectivity index (χ2v) is 7.86. The van der Waals surface area contributed by atoms with Gasteiger partial charge in [-0.2, -0.15) is 4.98 Å². The third kappa shape index (κ3) is 4.36. The first-order valence-corrected chi connectivity index (χ1v) is 8.90. The number of carbonyl (C=O) groups is 1. The Morgan fingerprint density at radius 3 is 2.57 bits per heavy atom. The molecule has 0 bridgehead atoms. The second kappa shape index (κ2) is 7.05. The largest absolute Gasteiger partial charge is 0.486 e. The molecule has 0 fully saturated rings. The van der Waals surface area contributed by atoms with Crippen LogP contribution in [0.4, 0.5) is 0 Å². The van der Waals surface area contributed by atoms with Crippen molar-refractivity contribution in [2.75, 3.05) is 5.88 Å². The number of hydrogen-bond donors (Lipinski definition) is 0. The fraction of sp³-hybridized carbons (Fsp3) is 0.529. The van der Waals surface area contributed by atoms with E-state index < -0.39 is 0 Å². The molecule has 1 aromatic carbocycles. The van der Waals surface area contributed by atoms with Crippen LogP contribution in [0.5, 0.6) is 10.9 Å². The fourth-order valence-corrected chi connectivity index (χ4v) is 3.50. The minimum absolute atomic E-state index is 0.0286. The van der Waals surface area contributed by atoms with Crippen molar-refractivity contribution in [3.8, 4) is 10.9 Å². The molecule has 1 unspecified atom stereocenters. The van der Waals surface area contributed by atoms with E-state index in [1.807, 2.05) is 46.8 Å². The highest BCUT2D eigenvalue weighted by molar-refractivity contribution is 7.20. The summed E-state index contributed by atoms with van der Waals surface area (Å²) in [4.78, 5) is 15.9. The Hall–Kier alpha value is -1.33. The Morgan fingerprint density at radius 2 is 2.04 bits per heavy atom. The first-order valence-electron chi connectivity index (χ1n) is 7.55. The van der Waals surface area contributed by atoms with Gasteiger partial charge >= 0.3 is 0 Å². The molecule has 0 aliphatic carbocycles. The molecule has 0 saturated carbocycles. The summed E-state index contributed by atoms with van der Waals surface area (Å²) >= 11 is 7.35. The predicted octanol–water partition coefficient (Wildman–Crippen LogP) is 4.78. The van der Waals surface area contributed by atoms with Gasteiger partial charge in [0.25, 0.3) is 5.19 Å². The number of carbonyl (C=O) groups excluding carboxylic acids is 1. The first kappa shape index (κ1) is 18.0. The smallest absolute Gasteiger partial charge is 0.274 e. The zero-order valence-electron chi connectivity index (χ0n) is 14.1. The van der Waals surface area contributed by atoms with Crippen LogP contribution in [-0.4, -0.2) is 28.9 Å². The van der Waals surface area contributed by atoms with E-state index in [0.717, 1.165) is 22.1 Å². The predicted molar refractivity (Wildman–Crippen MR) is 95.3 cm³/mol. The molecule has 4 nitrogen and oxygen atoms in total. The average molecular weight is 356 g/mol. The third-order valence-electron chi connectivity index (χ3n) is 3.00. The molecule has 1 aromatic heterocycles. The number of halogens is 1. The van der Waals surface area contributed by atoms with E-state index in [1.54, 1.807) is 0 Å². The maximum Gasteiger partial charge on any atom is 0.274 e. The van der Waals surface area contributed by atoms with Gasteiger partial charge in [-0.1, -0.05) is 17.4 Å². The Bertz CT molecular complexity index is 691. The molecule has 0 N–H and O–H groups in total. The monoisotopic (exact) mass is 355 g/mol. The molecule has 0 aliphatic heterocycles. The number of ether oxygens (including phenoxy) is 2. The molecule has 0 radical (unpaired) electrons. The van der Waals surface area contributed by atoms with E-state index in [-0.39, 0.29) is 23.5 Å². The van der Waals surface area contributed by atoms with Crippen molar-refractivity contribution in [2.45, 2.75) is 52.2 Å². The quantitative estimate of drug-likeness (QED) is 0.552. The maximum absolute atomic E-state index is 11.3. The summed E-state index contributed by atoms with van der Waals surface area (Å²) in [5.74, 6) is 0.552. The molecular weight excluding hydrogens is 334 g/mol. The fourth-order valence-electron chi connectivity index (χ4n) is 2.13. The zero-order valence-corrected chi connectivity index (χ0v) is 15.6. The third-order valence-corrected chi connectivity index (χ3v) is 4.33. The second-order valence-electron chi connectivity index (χ2n) is 6.59. The van der Waals surface area contributed by atoms with E-state index in [2.05, 4.69) is 4.98 Å². The molecular formula is C17H22ClNO3S. The van der Waals surface area contributed by atoms with Crippen molar-refractivity contribution < 1.29 is 14.3 Å². The Labute approximate surface area is 145 Å². The molecule has 0 aliphatic rings. The Balaban J connectivity index is 2.60. The van der Waals surface area contributed by atoms with Crippen LogP contribution in [0, 0.1) is 0 Å². The standard InChI is InChI=1S/C17H22ClNO3S/c1-10(2)21-16-19-14-13(22-17(3,4)5)7-6-12(15(14)23-16)11(8-18)9-20/h6-7,9-11H,8H2,1-5H3. The number of thiazole rings is 1. The summed E-state index contributed by atoms with van der Waals surface area (Å²) in [5.41, 5.74) is 1.24. The van der Waals surface area contributed by atoms with Gasteiger partial charge in [0.2, 0.25) is 0 Å². The van der Waals surface area contributed by atoms with Crippen molar-refractivity contribution in [3.05, 3.63) is 17.7 Å². The van der Waals surface area contributed by atoms with Crippen LogP contribution in [0.15, 0.2) is 12.1 Å². The topological polar surface area (TPSA) is 48.4 Å². The minimum atomic E-state index is -0.366. The number of alkyl halides is 1. The first-order chi connectivity index (χ1) is 10.7. The lowest BCUT2D eigenvalue weighted by molar-refractivity contribution is -0.108. The molecule has 23 heavy (non-hydrogen) atoms. The normalized spacial score (nSPS) is 13.3. The van der Waals surface area contributed by atoms with E-state index in [9.17, 15) is 4.79 Å². The number of nitrogens with zero attached hydrogens (tertiary/aromatic N) is 1. The molecule has 1 atom stereocenters. The molecule has 1 heterocycles. The van der Waals surface area contributed by atoms with Crippen LogP contribution in [0.1, 0.15) is 46.1 Å². The van der Waals surface area contributed by atoms with Gasteiger partial charge in [0.05, 0.1) is 16.7 Å². The summed E-state index contributed by atoms with van der Waals surface area (Å²) in [7, 11) is 0. The summed E-state index contributed by atoms with van der Waals surface area (Å²) < 4.78 is 12.6. The number of aldehydes is 1. The summed E-state index contributed by atoms with van der Waals surface area (Å²) in [5, 5.41) is 0.570. The van der Waals surface area contributed by atoms with E-state index >= 15 is 0 Å². The highest BCUT2D eigenvalue weighted by Crippen LogP contribution is 2.40. The Morgan fingerprint density at radius 1 is 1.35 bits per heavy atom. The van der Waals surface area contributed by atoms with E-state index in [1.165, 1.54) is 11.3 Å². The van der Waals surface area contributed by atoms with Crippen LogP contribution in [0.25, 0.3) is 10.2 Å². The lowest BCUT2D eigenvalue weighted by atomic mass is 10.0. The maximum atomic E-state index is 11.3. The van der Waals surface area contributed by atoms with Gasteiger partial charge in [-0.15, -0.1) is 11.6 Å². The van der Waals surface area contributed by atoms with Crippen LogP contribution < -0.4 is 9.47 Å². The van der Waals surface area contributed by atoms with E-state index in [4.69, 9.17) is 21.1 Å². The van der Waals surface area contributed by atoms with Gasteiger partial charge in [0.1, 0.15) is 23.2 Å². The zero-order chi connectivity index (χ0) is 17.2. The Kier molecular flexibility index (Phi) is 5.53. The number of benzene rings is 1. The van der Waals surface area contributed by atoms with Gasteiger partial charge in [-0.05, 0) is 46.2 Å². The summed E-state index contributed by atoms with van der Waals surface area (Å²) in [6, 6.07) is 3.74. The highest BCUT2D eigenvalue weighted by Gasteiger charge is 2.22. The van der Waals surface area contributed by atoms with Crippen LogP contribution in [0.3, 0.4) is 0 Å². The van der Waals surface area contributed by atoms with Crippen molar-refractivity contribution in [1.82, 2.24) is 4.98 Å². The summed E-state index contributed by atoms with van der Waals surface area (Å²) in [6.45, 7) is 9.85. The number of hydrogen-bond acceptors (Lipinski definition) is 5. The van der Waals surface area contributed by atoms with Crippen LogP contribution in [-0.2, 0) is 4.79 Å². The molecule has 6 heteroatoms. The number of fused-ring (bicyclic) bond motifs is 1. The van der Waals surface area contributed by atoms with Crippen molar-refractivity contribution in [1.29, 1.82) is 0 Å². The SMILES string of the molecule is CC(C)Oc1nc2c(OC(C)(C)C)ccc(C(C=O)CCl)c2s1. The number of rotatable bonds is 6. The molecule has 0 spiro atoms. The molecule has 126 valence electrons. The van der Waals surface area contributed by atoms with Crippen LogP contribution in [0.2, 0.25) is 0 Å². The lowest BCUT2D eigenvalue weighted by Crippen LogP contribution is -2.23. The number of aromatic nitrogens is 1. The van der Waals surface area contributed by atoms with Gasteiger partial charge in [-0.25, -0.2) is 0 Å². The minimum Gasteiger partial charge on any atom is -0.486 e. The molecule has 0 saturated heterocycles. The van der Waals surface area contributed by atoms with Crippen molar-refractivity contribution in [2.24, 2.45) is 0 Å². The van der Waals surface area contributed by atoms with Gasteiger partial charge < -0.3 is 14.3 Å². The van der Waals surface area contributed by atoms with E-state index in [0.29, 0.717) is 10.9 Å². The highest BCUT2D eigenvalue weighted by atomic mass is 35.5. The van der Waals surface area contributed by atoms with Crippen molar-refractivity contribution in [3.63, 3.8) is 0 Å². The van der Waals surface area contributed by atoms with Gasteiger partial charge in [-0.3, -0.25) is 0 Å². The van der Waals surface area contributed by atoms with Crippen LogP contribution >= 0.6 is 22.9 Å². The summed E-state index contributed by atoms with van der Waals surface area (Å²) in [6.07, 6.45) is 0.898. The molecule has 2 aromatic rings. The lowest BCUT2D eigenvalue weighted by Gasteiger charge is -2.22. The molecule has 2 rings (SSSR count). The van der Waals surface area contributed by atoms with Gasteiger partial charge in [0.15, 0.2) is 0 Å². The average Bonchev–Trinajstić information content (AvgIpc) is 2.83. The molecule has 0 amide bonds. The van der Waals surface area contributed by atoms with Gasteiger partial charge in [0, 0.05) is 5.88 Å².